The third-order valence-electron chi connectivity index (χ3n) is 5.49. The van der Waals surface area contributed by atoms with Gasteiger partial charge in [-0.15, -0.1) is 0 Å². The lowest BCUT2D eigenvalue weighted by Crippen LogP contribution is -2.44. The number of nitrogens with zero attached hydrogens (tertiary/aromatic N) is 2. The summed E-state index contributed by atoms with van der Waals surface area (Å²) in [6.07, 6.45) is 8.08. The van der Waals surface area contributed by atoms with E-state index < -0.39 is 10.9 Å². The summed E-state index contributed by atoms with van der Waals surface area (Å²) in [7, 11) is 1.33. The van der Waals surface area contributed by atoms with Crippen LogP contribution in [0.4, 0.5) is 5.69 Å². The van der Waals surface area contributed by atoms with Gasteiger partial charge in [-0.1, -0.05) is 19.3 Å². The summed E-state index contributed by atoms with van der Waals surface area (Å²) >= 11 is 0. The van der Waals surface area contributed by atoms with Crippen LogP contribution in [0.15, 0.2) is 18.2 Å². The van der Waals surface area contributed by atoms with Gasteiger partial charge >= 0.3 is 5.97 Å². The standard InChI is InChI=1S/C22H30N2O7/c1-30-22(27)15-23(18-8-4-2-5-9-18)21(26)10-6-3-7-13-31-19-11-12-20(24(28)29)17(14-19)16-25/h11-12,14,16,18H,2-10,13,15H2,1H3. The number of ether oxygens (including phenoxy) is 2. The highest BCUT2D eigenvalue weighted by Gasteiger charge is 2.27. The van der Waals surface area contributed by atoms with E-state index in [1.54, 1.807) is 4.90 Å². The highest BCUT2D eigenvalue weighted by atomic mass is 16.6. The third kappa shape index (κ3) is 7.66. The molecule has 1 aromatic carbocycles. The first-order chi connectivity index (χ1) is 15.0. The second kappa shape index (κ2) is 12.7. The fourth-order valence-electron chi connectivity index (χ4n) is 3.79. The number of hydrogen-bond donors (Lipinski definition) is 0. The van der Waals surface area contributed by atoms with E-state index in [9.17, 15) is 24.5 Å². The molecule has 0 spiro atoms. The number of esters is 1. The minimum absolute atomic E-state index is 0.00230. The lowest BCUT2D eigenvalue weighted by atomic mass is 9.94. The number of hydrogen-bond acceptors (Lipinski definition) is 7. The molecular weight excluding hydrogens is 404 g/mol. The molecule has 1 aliphatic carbocycles. The molecule has 170 valence electrons. The molecule has 9 heteroatoms. The number of benzene rings is 1. The number of rotatable bonds is 12. The van der Waals surface area contributed by atoms with Crippen molar-refractivity contribution >= 4 is 23.9 Å². The Kier molecular flexibility index (Phi) is 9.93. The largest absolute Gasteiger partial charge is 0.494 e. The minimum Gasteiger partial charge on any atom is -0.494 e. The molecule has 1 amide bonds. The highest BCUT2D eigenvalue weighted by molar-refractivity contribution is 5.82. The van der Waals surface area contributed by atoms with E-state index in [1.165, 1.54) is 31.7 Å². The second-order valence-electron chi connectivity index (χ2n) is 7.64. The maximum Gasteiger partial charge on any atom is 0.325 e. The molecule has 9 nitrogen and oxygen atoms in total. The van der Waals surface area contributed by atoms with Crippen LogP contribution in [0.5, 0.6) is 5.75 Å². The molecule has 0 aliphatic heterocycles. The molecular formula is C22H30N2O7. The predicted octanol–water partition coefficient (Wildman–Crippen LogP) is 3.68. The Hall–Kier alpha value is -2.97. The van der Waals surface area contributed by atoms with Crippen molar-refractivity contribution in [2.75, 3.05) is 20.3 Å². The van der Waals surface area contributed by atoms with Gasteiger partial charge in [0.25, 0.3) is 5.69 Å². The Bertz CT molecular complexity index is 775. The van der Waals surface area contributed by atoms with Crippen LogP contribution in [0.1, 0.15) is 68.1 Å². The quantitative estimate of drug-likeness (QED) is 0.162. The molecule has 1 aromatic rings. The molecule has 0 saturated heterocycles. The topological polar surface area (TPSA) is 116 Å². The fraction of sp³-hybridized carbons (Fsp3) is 0.591. The van der Waals surface area contributed by atoms with E-state index in [1.807, 2.05) is 0 Å². The molecule has 1 fully saturated rings. The van der Waals surface area contributed by atoms with Crippen LogP contribution in [0.3, 0.4) is 0 Å². The van der Waals surface area contributed by atoms with Gasteiger partial charge in [-0.3, -0.25) is 24.5 Å². The number of aldehydes is 1. The molecule has 0 unspecified atom stereocenters. The van der Waals surface area contributed by atoms with Gasteiger partial charge in [-0.05, 0) is 44.2 Å². The van der Waals surface area contributed by atoms with E-state index in [0.29, 0.717) is 37.9 Å². The van der Waals surface area contributed by atoms with Crippen LogP contribution in [0, 0.1) is 10.1 Å². The zero-order chi connectivity index (χ0) is 22.6. The molecule has 0 bridgehead atoms. The molecule has 0 N–H and O–H groups in total. The van der Waals surface area contributed by atoms with Crippen LogP contribution < -0.4 is 4.74 Å². The van der Waals surface area contributed by atoms with Gasteiger partial charge < -0.3 is 14.4 Å². The van der Waals surface area contributed by atoms with Crippen LogP contribution in [-0.4, -0.2) is 54.3 Å². The SMILES string of the molecule is COC(=O)CN(C(=O)CCCCCOc1ccc([N+](=O)[O-])c(C=O)c1)C1CCCCC1. The molecule has 1 aliphatic rings. The second-order valence-corrected chi connectivity index (χ2v) is 7.64. The summed E-state index contributed by atoms with van der Waals surface area (Å²) in [4.78, 5) is 47.4. The minimum atomic E-state index is -0.610. The van der Waals surface area contributed by atoms with Gasteiger partial charge in [0, 0.05) is 18.5 Å². The first-order valence-electron chi connectivity index (χ1n) is 10.7. The zero-order valence-electron chi connectivity index (χ0n) is 17.9. The van der Waals surface area contributed by atoms with Gasteiger partial charge in [-0.25, -0.2) is 0 Å². The lowest BCUT2D eigenvalue weighted by molar-refractivity contribution is -0.385. The molecule has 0 radical (unpaired) electrons. The number of methoxy groups -OCH3 is 1. The van der Waals surface area contributed by atoms with Crippen molar-refractivity contribution in [1.82, 2.24) is 4.90 Å². The number of carbonyl (C=O) groups excluding carboxylic acids is 3. The van der Waals surface area contributed by atoms with Gasteiger partial charge in [0.05, 0.1) is 24.2 Å². The average Bonchev–Trinajstić information content (AvgIpc) is 2.79. The van der Waals surface area contributed by atoms with Gasteiger partial charge in [0.2, 0.25) is 5.91 Å². The summed E-state index contributed by atoms with van der Waals surface area (Å²) in [5.74, 6) is -0.0281. The molecule has 2 rings (SSSR count). The van der Waals surface area contributed by atoms with E-state index in [2.05, 4.69) is 0 Å². The van der Waals surface area contributed by atoms with Crippen molar-refractivity contribution < 1.29 is 28.8 Å². The maximum absolute atomic E-state index is 12.7. The Morgan fingerprint density at radius 3 is 2.58 bits per heavy atom. The van der Waals surface area contributed by atoms with Crippen LogP contribution in [0.2, 0.25) is 0 Å². The van der Waals surface area contributed by atoms with Crippen molar-refractivity contribution in [3.63, 3.8) is 0 Å². The first-order valence-corrected chi connectivity index (χ1v) is 10.7. The van der Waals surface area contributed by atoms with Gasteiger partial charge in [0.15, 0.2) is 6.29 Å². The molecule has 0 heterocycles. The van der Waals surface area contributed by atoms with Crippen LogP contribution >= 0.6 is 0 Å². The molecule has 0 aromatic heterocycles. The number of amides is 1. The maximum atomic E-state index is 12.7. The molecule has 31 heavy (non-hydrogen) atoms. The van der Waals surface area contributed by atoms with E-state index in [4.69, 9.17) is 9.47 Å². The number of unbranched alkanes of at least 4 members (excludes halogenated alkanes) is 2. The zero-order valence-corrected chi connectivity index (χ0v) is 17.9. The van der Waals surface area contributed by atoms with E-state index in [0.717, 1.165) is 32.1 Å². The summed E-state index contributed by atoms with van der Waals surface area (Å²) < 4.78 is 10.3. The molecule has 0 atom stereocenters. The predicted molar refractivity (Wildman–Crippen MR) is 113 cm³/mol. The first kappa shape index (κ1) is 24.3. The van der Waals surface area contributed by atoms with Crippen molar-refractivity contribution in [1.29, 1.82) is 0 Å². The van der Waals surface area contributed by atoms with E-state index in [-0.39, 0.29) is 29.7 Å². The summed E-state index contributed by atoms with van der Waals surface area (Å²) in [6.45, 7) is 0.376. The van der Waals surface area contributed by atoms with Crippen molar-refractivity contribution in [2.45, 2.75) is 63.8 Å². The summed E-state index contributed by atoms with van der Waals surface area (Å²) in [5.41, 5.74) is -0.281. The third-order valence-corrected chi connectivity index (χ3v) is 5.49. The van der Waals surface area contributed by atoms with Crippen molar-refractivity contribution in [3.05, 3.63) is 33.9 Å². The Morgan fingerprint density at radius 1 is 1.19 bits per heavy atom. The van der Waals surface area contributed by atoms with Crippen LogP contribution in [-0.2, 0) is 14.3 Å². The van der Waals surface area contributed by atoms with Gasteiger partial charge in [0.1, 0.15) is 12.3 Å². The number of carbonyl (C=O) groups is 3. The van der Waals surface area contributed by atoms with E-state index >= 15 is 0 Å². The smallest absolute Gasteiger partial charge is 0.325 e. The molecule has 1 saturated carbocycles. The number of nitro groups is 1. The monoisotopic (exact) mass is 434 g/mol. The average molecular weight is 434 g/mol. The Balaban J connectivity index is 1.75. The lowest BCUT2D eigenvalue weighted by Gasteiger charge is -2.33. The fourth-order valence-corrected chi connectivity index (χ4v) is 3.79. The Morgan fingerprint density at radius 2 is 1.94 bits per heavy atom. The van der Waals surface area contributed by atoms with Gasteiger partial charge in [-0.2, -0.15) is 0 Å². The van der Waals surface area contributed by atoms with Crippen LogP contribution in [0.25, 0.3) is 0 Å². The normalized spacial score (nSPS) is 14.0. The Labute approximate surface area is 181 Å². The summed E-state index contributed by atoms with van der Waals surface area (Å²) in [6, 6.07) is 4.17. The highest BCUT2D eigenvalue weighted by Crippen LogP contribution is 2.24. The number of nitro benzene ring substituents is 1. The van der Waals surface area contributed by atoms with Crippen molar-refractivity contribution in [3.8, 4) is 5.75 Å². The van der Waals surface area contributed by atoms with Crippen molar-refractivity contribution in [2.24, 2.45) is 0 Å². The summed E-state index contributed by atoms with van der Waals surface area (Å²) in [5, 5.41) is 10.9.